The number of hydrogen-bond acceptors (Lipinski definition) is 4. The standard InChI is InChI=1S/C13H13ClN2O5/c14-10-6-7(16(20)21)4-5-8(10)12(17)15-11-3-1-2-9(11)13(18)19/h4-6,9,11H,1-3H2,(H,15,17)(H,18,19). The molecule has 2 rings (SSSR count). The van der Waals surface area contributed by atoms with Gasteiger partial charge in [-0.2, -0.15) is 0 Å². The summed E-state index contributed by atoms with van der Waals surface area (Å²) in [6.45, 7) is 0. The Kier molecular flexibility index (Phi) is 4.42. The number of halogens is 1. The van der Waals surface area contributed by atoms with Crippen molar-refractivity contribution < 1.29 is 19.6 Å². The van der Waals surface area contributed by atoms with Gasteiger partial charge in [0.1, 0.15) is 0 Å². The number of nitrogens with one attached hydrogen (secondary N) is 1. The summed E-state index contributed by atoms with van der Waals surface area (Å²) >= 11 is 5.87. The van der Waals surface area contributed by atoms with Crippen LogP contribution >= 0.6 is 11.6 Å². The molecule has 0 aromatic heterocycles. The number of nitro benzene ring substituents is 1. The zero-order valence-electron chi connectivity index (χ0n) is 10.9. The van der Waals surface area contributed by atoms with Crippen LogP contribution in [0.15, 0.2) is 18.2 Å². The second-order valence-corrected chi connectivity index (χ2v) is 5.28. The number of carbonyl (C=O) groups excluding carboxylic acids is 1. The van der Waals surface area contributed by atoms with Gasteiger partial charge in [0.05, 0.1) is 21.4 Å². The lowest BCUT2D eigenvalue weighted by Crippen LogP contribution is -2.40. The molecule has 2 N–H and O–H groups in total. The molecule has 0 radical (unpaired) electrons. The van der Waals surface area contributed by atoms with Crippen LogP contribution in [-0.4, -0.2) is 27.9 Å². The monoisotopic (exact) mass is 312 g/mol. The van der Waals surface area contributed by atoms with Gasteiger partial charge >= 0.3 is 5.97 Å². The zero-order chi connectivity index (χ0) is 15.6. The number of nitro groups is 1. The molecule has 112 valence electrons. The molecule has 2 atom stereocenters. The van der Waals surface area contributed by atoms with Gasteiger partial charge in [-0.05, 0) is 18.9 Å². The highest BCUT2D eigenvalue weighted by Gasteiger charge is 2.34. The maximum atomic E-state index is 12.1. The minimum atomic E-state index is -0.937. The quantitative estimate of drug-likeness (QED) is 0.654. The Labute approximate surface area is 125 Å². The van der Waals surface area contributed by atoms with Gasteiger partial charge in [0, 0.05) is 18.2 Å². The normalized spacial score (nSPS) is 21.0. The lowest BCUT2D eigenvalue weighted by Gasteiger charge is -2.17. The molecule has 21 heavy (non-hydrogen) atoms. The fraction of sp³-hybridized carbons (Fsp3) is 0.385. The summed E-state index contributed by atoms with van der Waals surface area (Å²) in [5.41, 5.74) is -0.112. The van der Waals surface area contributed by atoms with Crippen molar-refractivity contribution in [3.63, 3.8) is 0 Å². The van der Waals surface area contributed by atoms with Gasteiger partial charge in [0.2, 0.25) is 0 Å². The van der Waals surface area contributed by atoms with Crippen molar-refractivity contribution in [2.45, 2.75) is 25.3 Å². The highest BCUT2D eigenvalue weighted by atomic mass is 35.5. The van der Waals surface area contributed by atoms with Crippen molar-refractivity contribution in [1.29, 1.82) is 0 Å². The second kappa shape index (κ2) is 6.09. The number of nitrogens with zero attached hydrogens (tertiary/aromatic N) is 1. The Morgan fingerprint density at radius 3 is 2.67 bits per heavy atom. The third-order valence-corrected chi connectivity index (χ3v) is 3.87. The maximum Gasteiger partial charge on any atom is 0.308 e. The summed E-state index contributed by atoms with van der Waals surface area (Å²) in [5, 5.41) is 22.3. The summed E-state index contributed by atoms with van der Waals surface area (Å²) < 4.78 is 0. The molecule has 0 saturated heterocycles. The lowest BCUT2D eigenvalue weighted by atomic mass is 10.0. The van der Waals surface area contributed by atoms with Gasteiger partial charge in [0.25, 0.3) is 11.6 Å². The molecule has 0 aliphatic heterocycles. The highest BCUT2D eigenvalue weighted by molar-refractivity contribution is 6.34. The molecule has 1 aliphatic rings. The largest absolute Gasteiger partial charge is 0.481 e. The summed E-state index contributed by atoms with van der Waals surface area (Å²) in [7, 11) is 0. The number of non-ortho nitro benzene ring substituents is 1. The Morgan fingerprint density at radius 2 is 2.10 bits per heavy atom. The van der Waals surface area contributed by atoms with Crippen LogP contribution in [0.3, 0.4) is 0 Å². The number of hydrogen-bond donors (Lipinski definition) is 2. The number of aliphatic carboxylic acids is 1. The van der Waals surface area contributed by atoms with E-state index in [1.54, 1.807) is 0 Å². The lowest BCUT2D eigenvalue weighted by molar-refractivity contribution is -0.384. The van der Waals surface area contributed by atoms with Crippen LogP contribution in [0.4, 0.5) is 5.69 Å². The molecule has 1 aromatic carbocycles. The topological polar surface area (TPSA) is 110 Å². The van der Waals surface area contributed by atoms with Crippen LogP contribution in [0.2, 0.25) is 5.02 Å². The molecule has 1 aliphatic carbocycles. The van der Waals surface area contributed by atoms with E-state index in [1.165, 1.54) is 12.1 Å². The Balaban J connectivity index is 2.13. The molecule has 0 bridgehead atoms. The van der Waals surface area contributed by atoms with E-state index in [-0.39, 0.29) is 16.3 Å². The number of carboxylic acid groups (broad SMARTS) is 1. The molecule has 8 heteroatoms. The van der Waals surface area contributed by atoms with E-state index in [9.17, 15) is 19.7 Å². The van der Waals surface area contributed by atoms with Crippen molar-refractivity contribution in [3.05, 3.63) is 38.9 Å². The van der Waals surface area contributed by atoms with Crippen molar-refractivity contribution in [2.75, 3.05) is 0 Å². The molecule has 0 heterocycles. The number of carboxylic acids is 1. The fourth-order valence-electron chi connectivity index (χ4n) is 2.48. The van der Waals surface area contributed by atoms with E-state index in [2.05, 4.69) is 5.32 Å². The number of carbonyl (C=O) groups is 2. The molecule has 0 spiro atoms. The minimum absolute atomic E-state index is 0.0356. The van der Waals surface area contributed by atoms with Crippen molar-refractivity contribution in [1.82, 2.24) is 5.32 Å². The molecular formula is C13H13ClN2O5. The van der Waals surface area contributed by atoms with E-state index in [0.717, 1.165) is 12.5 Å². The fourth-order valence-corrected chi connectivity index (χ4v) is 2.74. The van der Waals surface area contributed by atoms with Crippen molar-refractivity contribution in [3.8, 4) is 0 Å². The summed E-state index contributed by atoms with van der Waals surface area (Å²) in [6, 6.07) is 3.10. The molecule has 7 nitrogen and oxygen atoms in total. The number of amides is 1. The Morgan fingerprint density at radius 1 is 1.38 bits per heavy atom. The van der Waals surface area contributed by atoms with Crippen LogP contribution in [0, 0.1) is 16.0 Å². The summed E-state index contributed by atoms with van der Waals surface area (Å²) in [4.78, 5) is 33.2. The van der Waals surface area contributed by atoms with Crippen LogP contribution < -0.4 is 5.32 Å². The zero-order valence-corrected chi connectivity index (χ0v) is 11.7. The number of rotatable bonds is 4. The van der Waals surface area contributed by atoms with E-state index < -0.39 is 28.8 Å². The van der Waals surface area contributed by atoms with E-state index in [4.69, 9.17) is 16.7 Å². The van der Waals surface area contributed by atoms with Crippen LogP contribution in [0.1, 0.15) is 29.6 Å². The highest BCUT2D eigenvalue weighted by Crippen LogP contribution is 2.27. The van der Waals surface area contributed by atoms with Gasteiger partial charge in [-0.3, -0.25) is 19.7 Å². The first-order valence-electron chi connectivity index (χ1n) is 6.37. The maximum absolute atomic E-state index is 12.1. The van der Waals surface area contributed by atoms with E-state index in [0.29, 0.717) is 12.8 Å². The first kappa shape index (κ1) is 15.2. The molecule has 1 saturated carbocycles. The first-order chi connectivity index (χ1) is 9.90. The smallest absolute Gasteiger partial charge is 0.308 e. The van der Waals surface area contributed by atoms with Gasteiger partial charge in [-0.15, -0.1) is 0 Å². The van der Waals surface area contributed by atoms with Gasteiger partial charge in [-0.25, -0.2) is 0 Å². The van der Waals surface area contributed by atoms with Gasteiger partial charge in [0.15, 0.2) is 0 Å². The van der Waals surface area contributed by atoms with Crippen LogP contribution in [-0.2, 0) is 4.79 Å². The predicted molar refractivity (Wildman–Crippen MR) is 74.3 cm³/mol. The van der Waals surface area contributed by atoms with Gasteiger partial charge < -0.3 is 10.4 Å². The summed E-state index contributed by atoms with van der Waals surface area (Å²) in [5.74, 6) is -2.06. The Hall–Kier alpha value is -2.15. The van der Waals surface area contributed by atoms with E-state index >= 15 is 0 Å². The number of benzene rings is 1. The average molecular weight is 313 g/mol. The third kappa shape index (κ3) is 3.30. The molecule has 1 amide bonds. The van der Waals surface area contributed by atoms with Crippen LogP contribution in [0.5, 0.6) is 0 Å². The average Bonchev–Trinajstić information content (AvgIpc) is 2.86. The van der Waals surface area contributed by atoms with Gasteiger partial charge in [-0.1, -0.05) is 18.0 Å². The predicted octanol–water partition coefficient (Wildman–Crippen LogP) is 2.23. The molecule has 1 aromatic rings. The van der Waals surface area contributed by atoms with Crippen LogP contribution in [0.25, 0.3) is 0 Å². The minimum Gasteiger partial charge on any atom is -0.481 e. The SMILES string of the molecule is O=C(NC1CCCC1C(=O)O)c1ccc([N+](=O)[O-])cc1Cl. The molecular weight excluding hydrogens is 300 g/mol. The summed E-state index contributed by atoms with van der Waals surface area (Å²) in [6.07, 6.45) is 1.84. The molecule has 2 unspecified atom stereocenters. The second-order valence-electron chi connectivity index (χ2n) is 4.88. The first-order valence-corrected chi connectivity index (χ1v) is 6.75. The molecule has 1 fully saturated rings. The third-order valence-electron chi connectivity index (χ3n) is 3.56. The van der Waals surface area contributed by atoms with Crippen molar-refractivity contribution >= 4 is 29.2 Å². The van der Waals surface area contributed by atoms with Crippen molar-refractivity contribution in [2.24, 2.45) is 5.92 Å². The Bertz CT molecular complexity index is 604. The van der Waals surface area contributed by atoms with E-state index in [1.807, 2.05) is 0 Å².